The zero-order valence-corrected chi connectivity index (χ0v) is 14.5. The maximum absolute atomic E-state index is 13.0. The van der Waals surface area contributed by atoms with Crippen LogP contribution in [0.1, 0.15) is 43.0 Å². The van der Waals surface area contributed by atoms with Gasteiger partial charge in [0.2, 0.25) is 0 Å². The second kappa shape index (κ2) is 8.49. The Kier molecular flexibility index (Phi) is 6.10. The van der Waals surface area contributed by atoms with E-state index in [-0.39, 0.29) is 18.1 Å². The molecule has 0 aromatic heterocycles. The van der Waals surface area contributed by atoms with Crippen LogP contribution in [0.25, 0.3) is 0 Å². The molecule has 0 aliphatic carbocycles. The van der Waals surface area contributed by atoms with Gasteiger partial charge in [0, 0.05) is 31.9 Å². The van der Waals surface area contributed by atoms with Crippen LogP contribution >= 0.6 is 0 Å². The van der Waals surface area contributed by atoms with Crippen molar-refractivity contribution in [3.8, 4) is 0 Å². The molecular formula is C19H28N2O3. The minimum Gasteiger partial charge on any atom is -0.384 e. The lowest BCUT2D eigenvalue weighted by molar-refractivity contribution is -0.0867. The number of nitrogens with zero attached hydrogens (tertiary/aromatic N) is 1. The van der Waals surface area contributed by atoms with E-state index in [1.54, 1.807) is 0 Å². The van der Waals surface area contributed by atoms with E-state index in [9.17, 15) is 4.79 Å². The molecule has 132 valence electrons. The third-order valence-electron chi connectivity index (χ3n) is 4.76. The number of hydrogen-bond donors (Lipinski definition) is 1. The zero-order chi connectivity index (χ0) is 16.8. The first-order chi connectivity index (χ1) is 11.8. The molecule has 1 aromatic rings. The van der Waals surface area contributed by atoms with Gasteiger partial charge in [-0.2, -0.15) is 0 Å². The van der Waals surface area contributed by atoms with Crippen molar-refractivity contribution in [2.75, 3.05) is 38.2 Å². The summed E-state index contributed by atoms with van der Waals surface area (Å²) in [6, 6.07) is 7.80. The number of anilines is 1. The second-order valence-electron chi connectivity index (χ2n) is 6.54. The first kappa shape index (κ1) is 17.2. The van der Waals surface area contributed by atoms with E-state index in [0.717, 1.165) is 50.1 Å². The van der Waals surface area contributed by atoms with Crippen LogP contribution < -0.4 is 5.32 Å². The summed E-state index contributed by atoms with van der Waals surface area (Å²) in [6.07, 6.45) is 4.49. The SMILES string of the molecule is CCCCNc1ccccc1C(=O)N1CCO[C@@H]([C@@H]2CCCO2)C1. The van der Waals surface area contributed by atoms with Crippen LogP contribution in [0, 0.1) is 0 Å². The first-order valence-electron chi connectivity index (χ1n) is 9.15. The molecule has 2 fully saturated rings. The predicted octanol–water partition coefficient (Wildman–Crippen LogP) is 2.92. The van der Waals surface area contributed by atoms with Crippen LogP contribution in [-0.2, 0) is 9.47 Å². The molecule has 1 aromatic carbocycles. The smallest absolute Gasteiger partial charge is 0.256 e. The van der Waals surface area contributed by atoms with Crippen LogP contribution in [0.4, 0.5) is 5.69 Å². The van der Waals surface area contributed by atoms with Crippen molar-refractivity contribution in [1.82, 2.24) is 4.90 Å². The fourth-order valence-corrected chi connectivity index (χ4v) is 3.37. The number of hydrogen-bond acceptors (Lipinski definition) is 4. The number of ether oxygens (including phenoxy) is 2. The van der Waals surface area contributed by atoms with Crippen molar-refractivity contribution in [1.29, 1.82) is 0 Å². The summed E-state index contributed by atoms with van der Waals surface area (Å²) < 4.78 is 11.6. The summed E-state index contributed by atoms with van der Waals surface area (Å²) in [7, 11) is 0. The summed E-state index contributed by atoms with van der Waals surface area (Å²) >= 11 is 0. The third kappa shape index (κ3) is 4.08. The van der Waals surface area contributed by atoms with Gasteiger partial charge in [0.25, 0.3) is 5.91 Å². The number of benzene rings is 1. The standard InChI is InChI=1S/C19H28N2O3/c1-2-3-10-20-16-8-5-4-7-15(16)19(22)21-11-13-24-18(14-21)17-9-6-12-23-17/h4-5,7-8,17-18,20H,2-3,6,9-14H2,1H3/t17-,18+/m0/s1. The van der Waals surface area contributed by atoms with E-state index in [0.29, 0.717) is 19.7 Å². The fraction of sp³-hybridized carbons (Fsp3) is 0.632. The summed E-state index contributed by atoms with van der Waals surface area (Å²) in [6.45, 7) is 5.71. The lowest BCUT2D eigenvalue weighted by atomic mass is 10.1. The minimum absolute atomic E-state index is 0.00501. The number of unbranched alkanes of at least 4 members (excludes halogenated alkanes) is 1. The number of para-hydroxylation sites is 1. The van der Waals surface area contributed by atoms with Crippen molar-refractivity contribution in [2.45, 2.75) is 44.8 Å². The average Bonchev–Trinajstić information content (AvgIpc) is 3.17. The molecule has 0 radical (unpaired) electrons. The Balaban J connectivity index is 1.66. The van der Waals surface area contributed by atoms with Crippen molar-refractivity contribution in [3.63, 3.8) is 0 Å². The number of carbonyl (C=O) groups is 1. The minimum atomic E-state index is 0.00501. The van der Waals surface area contributed by atoms with E-state index in [4.69, 9.17) is 9.47 Å². The van der Waals surface area contributed by atoms with Crippen LogP contribution in [-0.4, -0.2) is 55.9 Å². The highest BCUT2D eigenvalue weighted by Gasteiger charge is 2.33. The highest BCUT2D eigenvalue weighted by molar-refractivity contribution is 5.99. The molecule has 3 rings (SSSR count). The molecular weight excluding hydrogens is 304 g/mol. The molecule has 2 aliphatic heterocycles. The van der Waals surface area contributed by atoms with Gasteiger partial charge in [0.1, 0.15) is 6.10 Å². The lowest BCUT2D eigenvalue weighted by Gasteiger charge is -2.35. The van der Waals surface area contributed by atoms with Crippen molar-refractivity contribution < 1.29 is 14.3 Å². The Bertz CT molecular complexity index is 543. The van der Waals surface area contributed by atoms with E-state index in [2.05, 4.69) is 12.2 Å². The molecule has 5 nitrogen and oxygen atoms in total. The topological polar surface area (TPSA) is 50.8 Å². The Morgan fingerprint density at radius 2 is 2.08 bits per heavy atom. The summed E-state index contributed by atoms with van der Waals surface area (Å²) in [4.78, 5) is 14.9. The number of amides is 1. The van der Waals surface area contributed by atoms with Gasteiger partial charge in [-0.3, -0.25) is 4.79 Å². The summed E-state index contributed by atoms with van der Waals surface area (Å²) in [5, 5.41) is 3.40. The van der Waals surface area contributed by atoms with Crippen LogP contribution in [0.3, 0.4) is 0 Å². The molecule has 24 heavy (non-hydrogen) atoms. The predicted molar refractivity (Wildman–Crippen MR) is 94.5 cm³/mol. The highest BCUT2D eigenvalue weighted by Crippen LogP contribution is 2.23. The van der Waals surface area contributed by atoms with Gasteiger partial charge >= 0.3 is 0 Å². The van der Waals surface area contributed by atoms with Gasteiger partial charge in [0.15, 0.2) is 0 Å². The zero-order valence-electron chi connectivity index (χ0n) is 14.5. The highest BCUT2D eigenvalue weighted by atomic mass is 16.5. The Labute approximate surface area is 144 Å². The van der Waals surface area contributed by atoms with E-state index in [1.807, 2.05) is 29.2 Å². The van der Waals surface area contributed by atoms with Gasteiger partial charge in [0.05, 0.1) is 18.3 Å². The van der Waals surface area contributed by atoms with Gasteiger partial charge < -0.3 is 19.7 Å². The second-order valence-corrected chi connectivity index (χ2v) is 6.54. The van der Waals surface area contributed by atoms with Crippen LogP contribution in [0.2, 0.25) is 0 Å². The molecule has 5 heteroatoms. The monoisotopic (exact) mass is 332 g/mol. The van der Waals surface area contributed by atoms with Crippen molar-refractivity contribution >= 4 is 11.6 Å². The number of carbonyl (C=O) groups excluding carboxylic acids is 1. The molecule has 0 saturated carbocycles. The molecule has 2 saturated heterocycles. The van der Waals surface area contributed by atoms with E-state index >= 15 is 0 Å². The van der Waals surface area contributed by atoms with E-state index < -0.39 is 0 Å². The van der Waals surface area contributed by atoms with Gasteiger partial charge in [-0.1, -0.05) is 25.5 Å². The Morgan fingerprint density at radius 1 is 1.25 bits per heavy atom. The van der Waals surface area contributed by atoms with Crippen molar-refractivity contribution in [3.05, 3.63) is 29.8 Å². The van der Waals surface area contributed by atoms with Crippen LogP contribution in [0.5, 0.6) is 0 Å². The average molecular weight is 332 g/mol. The molecule has 2 atom stereocenters. The van der Waals surface area contributed by atoms with Gasteiger partial charge in [-0.05, 0) is 31.4 Å². The molecule has 1 N–H and O–H groups in total. The Hall–Kier alpha value is -1.59. The third-order valence-corrected chi connectivity index (χ3v) is 4.76. The quantitative estimate of drug-likeness (QED) is 0.814. The van der Waals surface area contributed by atoms with Gasteiger partial charge in [-0.15, -0.1) is 0 Å². The number of nitrogens with one attached hydrogen (secondary N) is 1. The largest absolute Gasteiger partial charge is 0.384 e. The normalized spacial score (nSPS) is 24.1. The first-order valence-corrected chi connectivity index (χ1v) is 9.15. The van der Waals surface area contributed by atoms with Crippen LogP contribution in [0.15, 0.2) is 24.3 Å². The summed E-state index contributed by atoms with van der Waals surface area (Å²) in [5.74, 6) is 0.0842. The maximum Gasteiger partial charge on any atom is 0.256 e. The number of morpholine rings is 1. The lowest BCUT2D eigenvalue weighted by Crippen LogP contribution is -2.49. The molecule has 2 heterocycles. The van der Waals surface area contributed by atoms with E-state index in [1.165, 1.54) is 0 Å². The molecule has 0 unspecified atom stereocenters. The summed E-state index contributed by atoms with van der Waals surface area (Å²) in [5.41, 5.74) is 1.68. The molecule has 0 bridgehead atoms. The molecule has 2 aliphatic rings. The Morgan fingerprint density at radius 3 is 2.88 bits per heavy atom. The number of rotatable bonds is 6. The molecule has 1 amide bonds. The van der Waals surface area contributed by atoms with Crippen molar-refractivity contribution in [2.24, 2.45) is 0 Å². The fourth-order valence-electron chi connectivity index (χ4n) is 3.37. The maximum atomic E-state index is 13.0. The molecule has 0 spiro atoms. The van der Waals surface area contributed by atoms with Gasteiger partial charge in [-0.25, -0.2) is 0 Å².